The first-order valence-corrected chi connectivity index (χ1v) is 5.63. The van der Waals surface area contributed by atoms with Crippen molar-refractivity contribution in [2.75, 3.05) is 19.6 Å². The van der Waals surface area contributed by atoms with Crippen LogP contribution in [0, 0.1) is 5.82 Å². The van der Waals surface area contributed by atoms with E-state index in [1.54, 1.807) is 30.4 Å². The highest BCUT2D eigenvalue weighted by Crippen LogP contribution is 2.09. The Morgan fingerprint density at radius 1 is 1.28 bits per heavy atom. The van der Waals surface area contributed by atoms with Crippen LogP contribution in [0.1, 0.15) is 5.56 Å². The molecule has 0 aliphatic carbocycles. The number of nitrogens with zero attached hydrogens (tertiary/aromatic N) is 2. The first-order valence-electron chi connectivity index (χ1n) is 5.63. The van der Waals surface area contributed by atoms with Crippen molar-refractivity contribution in [1.82, 2.24) is 4.90 Å². The molecule has 0 amide bonds. The smallest absolute Gasteiger partial charge is 0.132 e. The van der Waals surface area contributed by atoms with E-state index in [0.29, 0.717) is 25.2 Å². The molecule has 0 saturated heterocycles. The van der Waals surface area contributed by atoms with Crippen LogP contribution in [0.5, 0.6) is 0 Å². The molecular formula is C14H17FN2O. The summed E-state index contributed by atoms with van der Waals surface area (Å²) in [6.45, 7) is 8.86. The number of oxime groups is 1. The van der Waals surface area contributed by atoms with Crippen LogP contribution in [0.3, 0.4) is 0 Å². The second-order valence-corrected chi connectivity index (χ2v) is 3.80. The molecule has 0 heterocycles. The summed E-state index contributed by atoms with van der Waals surface area (Å²) < 4.78 is 13.6. The van der Waals surface area contributed by atoms with Crippen molar-refractivity contribution in [2.45, 2.75) is 0 Å². The molecule has 0 aromatic heterocycles. The average Bonchev–Trinajstić information content (AvgIpc) is 2.37. The van der Waals surface area contributed by atoms with E-state index in [2.05, 4.69) is 18.3 Å². The monoisotopic (exact) mass is 248 g/mol. The fourth-order valence-corrected chi connectivity index (χ4v) is 1.65. The highest BCUT2D eigenvalue weighted by atomic mass is 19.1. The minimum atomic E-state index is -0.401. The molecule has 1 aromatic carbocycles. The van der Waals surface area contributed by atoms with Crippen LogP contribution < -0.4 is 0 Å². The van der Waals surface area contributed by atoms with Crippen molar-refractivity contribution < 1.29 is 9.60 Å². The van der Waals surface area contributed by atoms with Gasteiger partial charge >= 0.3 is 0 Å². The third-order valence-corrected chi connectivity index (χ3v) is 2.45. The molecule has 96 valence electrons. The number of halogens is 1. The third kappa shape index (κ3) is 3.82. The molecule has 3 nitrogen and oxygen atoms in total. The number of rotatable bonds is 7. The van der Waals surface area contributed by atoms with Crippen LogP contribution in [0.2, 0.25) is 0 Å². The van der Waals surface area contributed by atoms with Gasteiger partial charge in [-0.05, 0) is 6.07 Å². The molecule has 0 fully saturated rings. The molecular weight excluding hydrogens is 231 g/mol. The van der Waals surface area contributed by atoms with Gasteiger partial charge in [-0.25, -0.2) is 4.39 Å². The van der Waals surface area contributed by atoms with Crippen LogP contribution >= 0.6 is 0 Å². The van der Waals surface area contributed by atoms with Gasteiger partial charge in [0.25, 0.3) is 0 Å². The summed E-state index contributed by atoms with van der Waals surface area (Å²) in [6.07, 6.45) is 3.47. The van der Waals surface area contributed by atoms with Crippen LogP contribution in [-0.2, 0) is 0 Å². The summed E-state index contributed by atoms with van der Waals surface area (Å²) in [4.78, 5) is 1.93. The molecule has 0 atom stereocenters. The molecule has 0 aliphatic heterocycles. The Morgan fingerprint density at radius 3 is 2.39 bits per heavy atom. The Bertz CT molecular complexity index is 433. The maximum atomic E-state index is 13.6. The molecule has 4 heteroatoms. The zero-order valence-electron chi connectivity index (χ0n) is 10.2. The van der Waals surface area contributed by atoms with Gasteiger partial charge in [-0.15, -0.1) is 13.2 Å². The summed E-state index contributed by atoms with van der Waals surface area (Å²) in [5.74, 6) is -0.401. The van der Waals surface area contributed by atoms with Crippen molar-refractivity contribution in [2.24, 2.45) is 5.16 Å². The Hall–Kier alpha value is -1.94. The van der Waals surface area contributed by atoms with Gasteiger partial charge in [0.2, 0.25) is 0 Å². The lowest BCUT2D eigenvalue weighted by Gasteiger charge is -2.19. The van der Waals surface area contributed by atoms with Crippen LogP contribution in [-0.4, -0.2) is 35.5 Å². The van der Waals surface area contributed by atoms with Gasteiger partial charge in [0, 0.05) is 25.2 Å². The minimum absolute atomic E-state index is 0.289. The predicted octanol–water partition coefficient (Wildman–Crippen LogP) is 2.68. The summed E-state index contributed by atoms with van der Waals surface area (Å²) in [7, 11) is 0. The van der Waals surface area contributed by atoms with E-state index in [1.807, 2.05) is 4.90 Å². The van der Waals surface area contributed by atoms with Crippen LogP contribution in [0.4, 0.5) is 4.39 Å². The number of hydrogen-bond donors (Lipinski definition) is 1. The molecule has 0 spiro atoms. The Labute approximate surface area is 107 Å². The Morgan fingerprint density at radius 2 is 1.89 bits per heavy atom. The van der Waals surface area contributed by atoms with Gasteiger partial charge < -0.3 is 5.21 Å². The van der Waals surface area contributed by atoms with Gasteiger partial charge in [0.05, 0.1) is 0 Å². The molecule has 18 heavy (non-hydrogen) atoms. The highest BCUT2D eigenvalue weighted by Gasteiger charge is 2.13. The second-order valence-electron chi connectivity index (χ2n) is 3.80. The summed E-state index contributed by atoms with van der Waals surface area (Å²) in [5, 5.41) is 12.2. The Kier molecular flexibility index (Phi) is 5.80. The van der Waals surface area contributed by atoms with E-state index in [-0.39, 0.29) is 5.71 Å². The zero-order valence-corrected chi connectivity index (χ0v) is 10.2. The topological polar surface area (TPSA) is 35.8 Å². The molecule has 0 radical (unpaired) electrons. The SMILES string of the molecule is C=CCN(CC=C)C/C(=N/O)c1ccccc1F. The third-order valence-electron chi connectivity index (χ3n) is 2.45. The van der Waals surface area contributed by atoms with Crippen molar-refractivity contribution >= 4 is 5.71 Å². The molecule has 0 aliphatic rings. The maximum absolute atomic E-state index is 13.6. The summed E-state index contributed by atoms with van der Waals surface area (Å²) in [6, 6.07) is 6.23. The lowest BCUT2D eigenvalue weighted by molar-refractivity contribution is 0.310. The van der Waals surface area contributed by atoms with Gasteiger partial charge in [0.1, 0.15) is 11.5 Å². The van der Waals surface area contributed by atoms with E-state index in [0.717, 1.165) is 0 Å². The molecule has 0 bridgehead atoms. The fraction of sp³-hybridized carbons (Fsp3) is 0.214. The second kappa shape index (κ2) is 7.40. The summed E-state index contributed by atoms with van der Waals surface area (Å²) >= 11 is 0. The van der Waals surface area contributed by atoms with Gasteiger partial charge in [-0.1, -0.05) is 35.5 Å². The first-order chi connectivity index (χ1) is 8.72. The normalized spacial score (nSPS) is 11.6. The molecule has 1 N–H and O–H groups in total. The quantitative estimate of drug-likeness (QED) is 0.348. The van der Waals surface area contributed by atoms with Gasteiger partial charge in [-0.3, -0.25) is 4.90 Å². The van der Waals surface area contributed by atoms with Gasteiger partial charge in [-0.2, -0.15) is 0 Å². The van der Waals surface area contributed by atoms with Crippen LogP contribution in [0.15, 0.2) is 54.7 Å². The standard InChI is InChI=1S/C14H17FN2O/c1-3-9-17(10-4-2)11-14(16-18)12-7-5-6-8-13(12)15/h3-8,18H,1-2,9-11H2/b16-14-. The molecule has 0 saturated carbocycles. The molecule has 1 rings (SSSR count). The average molecular weight is 248 g/mol. The van der Waals surface area contributed by atoms with Crippen molar-refractivity contribution in [3.63, 3.8) is 0 Å². The van der Waals surface area contributed by atoms with Crippen molar-refractivity contribution in [3.8, 4) is 0 Å². The highest BCUT2D eigenvalue weighted by molar-refractivity contribution is 6.01. The zero-order chi connectivity index (χ0) is 13.4. The van der Waals surface area contributed by atoms with E-state index in [4.69, 9.17) is 5.21 Å². The first kappa shape index (κ1) is 14.1. The largest absolute Gasteiger partial charge is 0.411 e. The number of hydrogen-bond acceptors (Lipinski definition) is 3. The summed E-state index contributed by atoms with van der Waals surface area (Å²) in [5.41, 5.74) is 0.593. The minimum Gasteiger partial charge on any atom is -0.411 e. The lowest BCUT2D eigenvalue weighted by atomic mass is 10.1. The van der Waals surface area contributed by atoms with Crippen molar-refractivity contribution in [1.29, 1.82) is 0 Å². The maximum Gasteiger partial charge on any atom is 0.132 e. The van der Waals surface area contributed by atoms with Gasteiger partial charge in [0.15, 0.2) is 0 Å². The van der Waals surface area contributed by atoms with E-state index < -0.39 is 5.82 Å². The van der Waals surface area contributed by atoms with Crippen LogP contribution in [0.25, 0.3) is 0 Å². The van der Waals surface area contributed by atoms with E-state index >= 15 is 0 Å². The fourth-order valence-electron chi connectivity index (χ4n) is 1.65. The van der Waals surface area contributed by atoms with Crippen molar-refractivity contribution in [3.05, 3.63) is 61.0 Å². The number of benzene rings is 1. The Balaban J connectivity index is 2.87. The predicted molar refractivity (Wildman–Crippen MR) is 71.6 cm³/mol. The van der Waals surface area contributed by atoms with E-state index in [1.165, 1.54) is 6.07 Å². The molecule has 0 unspecified atom stereocenters. The molecule has 1 aromatic rings. The lowest BCUT2D eigenvalue weighted by Crippen LogP contribution is -2.31. The van der Waals surface area contributed by atoms with E-state index in [9.17, 15) is 4.39 Å².